The number of rotatable bonds is 3. The summed E-state index contributed by atoms with van der Waals surface area (Å²) in [5.41, 5.74) is 0.230. The summed E-state index contributed by atoms with van der Waals surface area (Å²) in [6, 6.07) is 4.82. The number of benzene rings is 1. The molecule has 1 aromatic carbocycles. The van der Waals surface area contributed by atoms with Gasteiger partial charge in [0, 0.05) is 6.42 Å². The van der Waals surface area contributed by atoms with Gasteiger partial charge in [-0.25, -0.2) is 4.39 Å². The van der Waals surface area contributed by atoms with Gasteiger partial charge in [-0.1, -0.05) is 33.8 Å². The van der Waals surface area contributed by atoms with Crippen LogP contribution in [0.5, 0.6) is 0 Å². The topological polar surface area (TPSA) is 17.1 Å². The van der Waals surface area contributed by atoms with Crippen molar-refractivity contribution in [1.82, 2.24) is 0 Å². The lowest BCUT2D eigenvalue weighted by molar-refractivity contribution is 0.0923. The third-order valence-corrected chi connectivity index (χ3v) is 3.83. The Balaban J connectivity index is 2.88. The Morgan fingerprint density at radius 3 is 2.53 bits per heavy atom. The number of carbonyl (C=O) groups is 1. The largest absolute Gasteiger partial charge is 0.294 e. The van der Waals surface area contributed by atoms with E-state index in [1.807, 2.05) is 6.92 Å². The minimum absolute atomic E-state index is 0.0537. The number of ketones is 1. The molecule has 0 saturated carbocycles. The molecule has 1 nitrogen and oxygen atoms in total. The quantitative estimate of drug-likeness (QED) is 0.730. The Labute approximate surface area is 111 Å². The fourth-order valence-corrected chi connectivity index (χ4v) is 1.78. The van der Waals surface area contributed by atoms with E-state index in [9.17, 15) is 9.18 Å². The van der Waals surface area contributed by atoms with Crippen LogP contribution in [0.15, 0.2) is 22.7 Å². The number of Topliss-reactive ketones (excluding diaryl/α,β-unsaturated/α-hetero) is 1. The molecular formula is C14H18BrFO. The summed E-state index contributed by atoms with van der Waals surface area (Å²) >= 11 is 3.09. The molecule has 0 spiro atoms. The van der Waals surface area contributed by atoms with Crippen LogP contribution >= 0.6 is 15.9 Å². The van der Waals surface area contributed by atoms with Crippen LogP contribution in [-0.2, 0) is 0 Å². The van der Waals surface area contributed by atoms with Gasteiger partial charge in [0.25, 0.3) is 0 Å². The molecule has 0 aliphatic rings. The Morgan fingerprint density at radius 1 is 1.41 bits per heavy atom. The van der Waals surface area contributed by atoms with Gasteiger partial charge in [0.2, 0.25) is 0 Å². The minimum Gasteiger partial charge on any atom is -0.294 e. The molecule has 94 valence electrons. The van der Waals surface area contributed by atoms with E-state index in [0.29, 0.717) is 10.9 Å². The van der Waals surface area contributed by atoms with Crippen LogP contribution in [0.3, 0.4) is 0 Å². The van der Waals surface area contributed by atoms with Crippen molar-refractivity contribution in [2.75, 3.05) is 0 Å². The average molecular weight is 301 g/mol. The van der Waals surface area contributed by atoms with Gasteiger partial charge < -0.3 is 0 Å². The highest BCUT2D eigenvalue weighted by Gasteiger charge is 2.24. The first-order valence-corrected chi connectivity index (χ1v) is 6.50. The van der Waals surface area contributed by atoms with Gasteiger partial charge >= 0.3 is 0 Å². The molecule has 1 aromatic rings. The maximum atomic E-state index is 13.7. The molecule has 17 heavy (non-hydrogen) atoms. The second kappa shape index (κ2) is 5.30. The zero-order valence-corrected chi connectivity index (χ0v) is 12.3. The van der Waals surface area contributed by atoms with Crippen LogP contribution in [0.1, 0.15) is 44.5 Å². The lowest BCUT2D eigenvalue weighted by atomic mass is 9.78. The Morgan fingerprint density at radius 2 is 2.00 bits per heavy atom. The van der Waals surface area contributed by atoms with E-state index in [0.717, 1.165) is 0 Å². The number of halogens is 2. The number of carbonyl (C=O) groups excluding carboxylic acids is 1. The minimum atomic E-state index is -0.460. The van der Waals surface area contributed by atoms with Crippen LogP contribution in [0, 0.1) is 17.2 Å². The van der Waals surface area contributed by atoms with Gasteiger partial charge in [0.15, 0.2) is 5.78 Å². The highest BCUT2D eigenvalue weighted by molar-refractivity contribution is 9.10. The van der Waals surface area contributed by atoms with Gasteiger partial charge in [0.1, 0.15) is 5.82 Å². The molecule has 1 rings (SSSR count). The predicted octanol–water partition coefficient (Wildman–Crippen LogP) is 4.84. The standard InChI is InChI=1S/C14H18BrFO/c1-9(14(2,3)4)8-12(17)10-6-5-7-11(15)13(10)16/h5-7,9H,8H2,1-4H3. The summed E-state index contributed by atoms with van der Waals surface area (Å²) in [4.78, 5) is 12.0. The van der Waals surface area contributed by atoms with Crippen LogP contribution < -0.4 is 0 Å². The maximum Gasteiger partial charge on any atom is 0.166 e. The summed E-state index contributed by atoms with van der Waals surface area (Å²) < 4.78 is 14.1. The van der Waals surface area contributed by atoms with Crippen molar-refractivity contribution in [3.05, 3.63) is 34.1 Å². The van der Waals surface area contributed by atoms with Crippen molar-refractivity contribution < 1.29 is 9.18 Å². The Hall–Kier alpha value is -0.700. The first kappa shape index (κ1) is 14.4. The van der Waals surface area contributed by atoms with Crippen LogP contribution in [0.4, 0.5) is 4.39 Å². The second-order valence-electron chi connectivity index (χ2n) is 5.50. The molecule has 0 amide bonds. The lowest BCUT2D eigenvalue weighted by Gasteiger charge is -2.26. The number of hydrogen-bond donors (Lipinski definition) is 0. The molecule has 0 saturated heterocycles. The predicted molar refractivity (Wildman–Crippen MR) is 71.7 cm³/mol. The summed E-state index contributed by atoms with van der Waals surface area (Å²) in [6.45, 7) is 8.28. The molecule has 0 heterocycles. The molecule has 3 heteroatoms. The van der Waals surface area contributed by atoms with Crippen LogP contribution in [0.2, 0.25) is 0 Å². The van der Waals surface area contributed by atoms with Crippen molar-refractivity contribution in [3.63, 3.8) is 0 Å². The Bertz CT molecular complexity index is 421. The smallest absolute Gasteiger partial charge is 0.166 e. The van der Waals surface area contributed by atoms with Gasteiger partial charge in [-0.05, 0) is 39.4 Å². The first-order chi connectivity index (χ1) is 7.73. The molecule has 0 aliphatic heterocycles. The van der Waals surface area contributed by atoms with E-state index >= 15 is 0 Å². The fourth-order valence-electron chi connectivity index (χ4n) is 1.41. The normalized spacial score (nSPS) is 13.5. The monoisotopic (exact) mass is 300 g/mol. The average Bonchev–Trinajstić information content (AvgIpc) is 2.20. The summed E-state index contributed by atoms with van der Waals surface area (Å²) in [6.07, 6.45) is 0.372. The zero-order chi connectivity index (χ0) is 13.2. The molecule has 0 N–H and O–H groups in total. The van der Waals surface area contributed by atoms with E-state index in [1.165, 1.54) is 6.07 Å². The molecule has 0 bridgehead atoms. The van der Waals surface area contributed by atoms with E-state index in [-0.39, 0.29) is 22.7 Å². The van der Waals surface area contributed by atoms with E-state index < -0.39 is 5.82 Å². The third kappa shape index (κ3) is 3.63. The Kier molecular flexibility index (Phi) is 4.48. The fraction of sp³-hybridized carbons (Fsp3) is 0.500. The highest BCUT2D eigenvalue weighted by Crippen LogP contribution is 2.30. The highest BCUT2D eigenvalue weighted by atomic mass is 79.9. The van der Waals surface area contributed by atoms with E-state index in [4.69, 9.17) is 0 Å². The van der Waals surface area contributed by atoms with Crippen molar-refractivity contribution in [2.24, 2.45) is 11.3 Å². The van der Waals surface area contributed by atoms with Crippen LogP contribution in [-0.4, -0.2) is 5.78 Å². The molecule has 1 unspecified atom stereocenters. The van der Waals surface area contributed by atoms with Gasteiger partial charge in [-0.2, -0.15) is 0 Å². The van der Waals surface area contributed by atoms with Crippen LogP contribution in [0.25, 0.3) is 0 Å². The first-order valence-electron chi connectivity index (χ1n) is 5.70. The molecular weight excluding hydrogens is 283 g/mol. The molecule has 0 aliphatic carbocycles. The molecule has 0 aromatic heterocycles. The number of hydrogen-bond acceptors (Lipinski definition) is 1. The van der Waals surface area contributed by atoms with Gasteiger partial charge in [-0.15, -0.1) is 0 Å². The van der Waals surface area contributed by atoms with E-state index in [2.05, 4.69) is 36.7 Å². The van der Waals surface area contributed by atoms with Gasteiger partial charge in [-0.3, -0.25) is 4.79 Å². The van der Waals surface area contributed by atoms with E-state index in [1.54, 1.807) is 12.1 Å². The van der Waals surface area contributed by atoms with Gasteiger partial charge in [0.05, 0.1) is 10.0 Å². The van der Waals surface area contributed by atoms with Crippen molar-refractivity contribution in [2.45, 2.75) is 34.1 Å². The molecule has 0 fully saturated rings. The van der Waals surface area contributed by atoms with Crippen molar-refractivity contribution in [3.8, 4) is 0 Å². The van der Waals surface area contributed by atoms with Crippen molar-refractivity contribution in [1.29, 1.82) is 0 Å². The maximum absolute atomic E-state index is 13.7. The lowest BCUT2D eigenvalue weighted by Crippen LogP contribution is -2.21. The summed E-state index contributed by atoms with van der Waals surface area (Å²) in [5, 5.41) is 0. The summed E-state index contributed by atoms with van der Waals surface area (Å²) in [7, 11) is 0. The SMILES string of the molecule is CC(CC(=O)c1cccc(Br)c1F)C(C)(C)C. The molecule has 1 atom stereocenters. The summed E-state index contributed by atoms with van der Waals surface area (Å²) in [5.74, 6) is -0.377. The second-order valence-corrected chi connectivity index (χ2v) is 6.35. The molecule has 0 radical (unpaired) electrons. The van der Waals surface area contributed by atoms with Crippen molar-refractivity contribution >= 4 is 21.7 Å². The zero-order valence-electron chi connectivity index (χ0n) is 10.7. The third-order valence-electron chi connectivity index (χ3n) is 3.22.